The van der Waals surface area contributed by atoms with Gasteiger partial charge in [-0.3, -0.25) is 0 Å². The lowest BCUT2D eigenvalue weighted by atomic mass is 10.1. The number of benzene rings is 2. The van der Waals surface area contributed by atoms with Gasteiger partial charge in [0.1, 0.15) is 11.4 Å². The van der Waals surface area contributed by atoms with Gasteiger partial charge in [-0.15, -0.1) is 0 Å². The normalized spacial score (nSPS) is 11.3. The van der Waals surface area contributed by atoms with E-state index in [2.05, 4.69) is 5.10 Å². The van der Waals surface area contributed by atoms with Gasteiger partial charge in [0.05, 0.1) is 11.2 Å². The first-order chi connectivity index (χ1) is 10.2. The lowest BCUT2D eigenvalue weighted by molar-refractivity contribution is 0.507. The van der Waals surface area contributed by atoms with Crippen LogP contribution in [0.1, 0.15) is 0 Å². The first-order valence-electron chi connectivity index (χ1n) is 6.40. The van der Waals surface area contributed by atoms with Crippen LogP contribution in [0.5, 0.6) is 0 Å². The van der Waals surface area contributed by atoms with E-state index in [0.29, 0.717) is 22.4 Å². The minimum absolute atomic E-state index is 0.352. The average Bonchev–Trinajstić information content (AvgIpc) is 2.94. The first-order valence-corrected chi connectivity index (χ1v) is 6.40. The van der Waals surface area contributed by atoms with Crippen molar-refractivity contribution in [3.8, 4) is 11.3 Å². The fourth-order valence-electron chi connectivity index (χ4n) is 2.42. The van der Waals surface area contributed by atoms with Gasteiger partial charge in [0, 0.05) is 10.9 Å². The number of rotatable bonds is 1. The van der Waals surface area contributed by atoms with Gasteiger partial charge in [0.15, 0.2) is 0 Å². The van der Waals surface area contributed by atoms with Crippen molar-refractivity contribution in [2.75, 3.05) is 0 Å². The Hall–Kier alpha value is -2.95. The molecule has 0 bridgehead atoms. The van der Waals surface area contributed by atoms with Gasteiger partial charge in [-0.25, -0.2) is 9.18 Å². The summed E-state index contributed by atoms with van der Waals surface area (Å²) in [5, 5.41) is 4.92. The highest BCUT2D eigenvalue weighted by molar-refractivity contribution is 5.93. The Balaban J connectivity index is 2.11. The number of para-hydroxylation sites is 1. The third kappa shape index (κ3) is 1.74. The molecule has 21 heavy (non-hydrogen) atoms. The van der Waals surface area contributed by atoms with Gasteiger partial charge < -0.3 is 4.42 Å². The molecule has 2 aromatic heterocycles. The summed E-state index contributed by atoms with van der Waals surface area (Å²) in [6.07, 6.45) is 0. The maximum absolute atomic E-state index is 13.9. The van der Waals surface area contributed by atoms with E-state index in [9.17, 15) is 9.18 Å². The molecule has 0 aliphatic rings. The largest absolute Gasteiger partial charge is 0.440 e. The molecular weight excluding hydrogens is 271 g/mol. The first kappa shape index (κ1) is 11.8. The van der Waals surface area contributed by atoms with Crippen LogP contribution in [0, 0.1) is 5.82 Å². The zero-order valence-electron chi connectivity index (χ0n) is 10.8. The molecule has 0 spiro atoms. The Morgan fingerprint density at radius 3 is 2.67 bits per heavy atom. The van der Waals surface area contributed by atoms with Gasteiger partial charge >= 0.3 is 5.76 Å². The molecule has 2 heterocycles. The molecule has 5 heteroatoms. The molecule has 0 fully saturated rings. The molecule has 0 aliphatic heterocycles. The zero-order chi connectivity index (χ0) is 14.4. The van der Waals surface area contributed by atoms with Gasteiger partial charge in [0.2, 0.25) is 0 Å². The van der Waals surface area contributed by atoms with Crippen LogP contribution in [0.2, 0.25) is 0 Å². The van der Waals surface area contributed by atoms with E-state index in [1.807, 2.05) is 12.1 Å². The number of nitrogens with zero attached hydrogens (tertiary/aromatic N) is 2. The third-order valence-electron chi connectivity index (χ3n) is 3.39. The highest BCUT2D eigenvalue weighted by atomic mass is 19.1. The van der Waals surface area contributed by atoms with Crippen LogP contribution in [0.15, 0.2) is 63.8 Å². The summed E-state index contributed by atoms with van der Waals surface area (Å²) in [5.41, 5.74) is 1.83. The molecule has 0 unspecified atom stereocenters. The van der Waals surface area contributed by atoms with Crippen LogP contribution >= 0.6 is 0 Å². The van der Waals surface area contributed by atoms with E-state index in [1.54, 1.807) is 36.4 Å². The van der Waals surface area contributed by atoms with Crippen molar-refractivity contribution in [2.24, 2.45) is 0 Å². The fraction of sp³-hybridized carbons (Fsp3) is 0. The molecule has 0 atom stereocenters. The number of halogens is 1. The second-order valence-electron chi connectivity index (χ2n) is 4.67. The number of fused-ring (bicyclic) bond motifs is 3. The van der Waals surface area contributed by atoms with Crippen molar-refractivity contribution in [2.45, 2.75) is 0 Å². The third-order valence-corrected chi connectivity index (χ3v) is 3.39. The van der Waals surface area contributed by atoms with Gasteiger partial charge in [-0.2, -0.15) is 9.61 Å². The Morgan fingerprint density at radius 2 is 1.81 bits per heavy atom. The highest BCUT2D eigenvalue weighted by Gasteiger charge is 2.13. The minimum Gasteiger partial charge on any atom is -0.408 e. The van der Waals surface area contributed by atoms with E-state index in [-0.39, 0.29) is 5.82 Å². The Bertz CT molecular complexity index is 1030. The maximum atomic E-state index is 13.9. The van der Waals surface area contributed by atoms with Gasteiger partial charge in [0.25, 0.3) is 0 Å². The van der Waals surface area contributed by atoms with E-state index < -0.39 is 5.76 Å². The summed E-state index contributed by atoms with van der Waals surface area (Å²) < 4.78 is 20.2. The summed E-state index contributed by atoms with van der Waals surface area (Å²) >= 11 is 0. The van der Waals surface area contributed by atoms with Crippen LogP contribution in [0.25, 0.3) is 27.7 Å². The second kappa shape index (κ2) is 4.28. The minimum atomic E-state index is -0.591. The van der Waals surface area contributed by atoms with Crippen molar-refractivity contribution in [1.82, 2.24) is 9.61 Å². The molecule has 0 N–H and O–H groups in total. The Labute approximate surface area is 118 Å². The molecule has 102 valence electrons. The SMILES string of the molecule is O=c1oc2ccccc2c2cc(-c3ccccc3F)nn12. The second-order valence-corrected chi connectivity index (χ2v) is 4.67. The van der Waals surface area contributed by atoms with Gasteiger partial charge in [-0.05, 0) is 30.3 Å². The number of aromatic nitrogens is 2. The van der Waals surface area contributed by atoms with Crippen molar-refractivity contribution in [3.63, 3.8) is 0 Å². The summed E-state index contributed by atoms with van der Waals surface area (Å²) in [6.45, 7) is 0. The smallest absolute Gasteiger partial charge is 0.408 e. The van der Waals surface area contributed by atoms with Crippen molar-refractivity contribution in [1.29, 1.82) is 0 Å². The molecule has 4 rings (SSSR count). The summed E-state index contributed by atoms with van der Waals surface area (Å²) in [5.74, 6) is -0.971. The van der Waals surface area contributed by atoms with Crippen LogP contribution in [-0.2, 0) is 0 Å². The van der Waals surface area contributed by atoms with Crippen LogP contribution < -0.4 is 5.76 Å². The van der Waals surface area contributed by atoms with E-state index in [4.69, 9.17) is 4.42 Å². The molecule has 0 amide bonds. The summed E-state index contributed by atoms with van der Waals surface area (Å²) in [7, 11) is 0. The van der Waals surface area contributed by atoms with Crippen molar-refractivity contribution in [3.05, 3.63) is 71.0 Å². The van der Waals surface area contributed by atoms with Gasteiger partial charge in [-0.1, -0.05) is 24.3 Å². The molecule has 0 radical (unpaired) electrons. The summed E-state index contributed by atoms with van der Waals surface area (Å²) in [6, 6.07) is 15.2. The zero-order valence-corrected chi connectivity index (χ0v) is 10.8. The molecule has 0 saturated heterocycles. The van der Waals surface area contributed by atoms with Crippen LogP contribution in [-0.4, -0.2) is 9.61 Å². The lowest BCUT2D eigenvalue weighted by Crippen LogP contribution is -2.12. The van der Waals surface area contributed by atoms with Crippen LogP contribution in [0.4, 0.5) is 4.39 Å². The molecule has 4 nitrogen and oxygen atoms in total. The standard InChI is InChI=1S/C16H9FN2O2/c17-12-7-3-1-5-10(12)13-9-14-11-6-2-4-8-15(11)21-16(20)19(14)18-13/h1-9H. The topological polar surface area (TPSA) is 47.5 Å². The molecule has 0 aliphatic carbocycles. The van der Waals surface area contributed by atoms with E-state index >= 15 is 0 Å². The average molecular weight is 280 g/mol. The summed E-state index contributed by atoms with van der Waals surface area (Å²) in [4.78, 5) is 12.0. The molecule has 2 aromatic carbocycles. The Morgan fingerprint density at radius 1 is 1.05 bits per heavy atom. The highest BCUT2D eigenvalue weighted by Crippen LogP contribution is 2.25. The molecule has 4 aromatic rings. The van der Waals surface area contributed by atoms with Crippen LogP contribution in [0.3, 0.4) is 0 Å². The monoisotopic (exact) mass is 280 g/mol. The van der Waals surface area contributed by atoms with Crippen molar-refractivity contribution < 1.29 is 8.81 Å². The van der Waals surface area contributed by atoms with E-state index in [0.717, 1.165) is 9.90 Å². The predicted molar refractivity (Wildman–Crippen MR) is 76.6 cm³/mol. The number of hydrogen-bond donors (Lipinski definition) is 0. The van der Waals surface area contributed by atoms with Crippen molar-refractivity contribution >= 4 is 16.5 Å². The Kier molecular flexibility index (Phi) is 2.41. The lowest BCUT2D eigenvalue weighted by Gasteiger charge is -1.97. The van der Waals surface area contributed by atoms with E-state index in [1.165, 1.54) is 6.07 Å². The maximum Gasteiger partial charge on any atom is 0.440 e. The molecule has 0 saturated carbocycles. The molecular formula is C16H9FN2O2. The number of hydrogen-bond acceptors (Lipinski definition) is 3. The quantitative estimate of drug-likeness (QED) is 0.537. The predicted octanol–water partition coefficient (Wildman–Crippen LogP) is 3.25. The fourth-order valence-corrected chi connectivity index (χ4v) is 2.42.